The SMILES string of the molecule is COc1cc(-c2c3ccccc3[n+](C)c3cccc(C(=O)CCN)c23)ccc1N.[Cl-]. The number of para-hydroxylation sites is 1. The average Bonchev–Trinajstić information content (AvgIpc) is 2.75. The summed E-state index contributed by atoms with van der Waals surface area (Å²) in [4.78, 5) is 12.9. The fourth-order valence-corrected chi connectivity index (χ4v) is 3.99. The maximum Gasteiger partial charge on any atom is 0.214 e. The third-order valence-corrected chi connectivity index (χ3v) is 5.38. The summed E-state index contributed by atoms with van der Waals surface area (Å²) in [5, 5.41) is 1.97. The van der Waals surface area contributed by atoms with Crippen LogP contribution in [0.5, 0.6) is 5.75 Å². The Morgan fingerprint density at radius 1 is 1.03 bits per heavy atom. The van der Waals surface area contributed by atoms with Crippen molar-refractivity contribution in [3.8, 4) is 16.9 Å². The van der Waals surface area contributed by atoms with E-state index in [1.165, 1.54) is 0 Å². The van der Waals surface area contributed by atoms with E-state index in [-0.39, 0.29) is 18.2 Å². The molecule has 0 aliphatic heterocycles. The summed E-state index contributed by atoms with van der Waals surface area (Å²) in [5.74, 6) is 0.649. The number of anilines is 1. The van der Waals surface area contributed by atoms with Crippen LogP contribution in [0.25, 0.3) is 32.9 Å². The van der Waals surface area contributed by atoms with E-state index in [4.69, 9.17) is 16.2 Å². The Morgan fingerprint density at radius 2 is 1.77 bits per heavy atom. The third-order valence-electron chi connectivity index (χ3n) is 5.38. The van der Waals surface area contributed by atoms with Crippen LogP contribution in [-0.4, -0.2) is 19.4 Å². The van der Waals surface area contributed by atoms with Gasteiger partial charge in [0.25, 0.3) is 0 Å². The second kappa shape index (κ2) is 8.69. The number of nitrogens with two attached hydrogens (primary N) is 2. The van der Waals surface area contributed by atoms with Gasteiger partial charge in [0, 0.05) is 29.7 Å². The summed E-state index contributed by atoms with van der Waals surface area (Å²) >= 11 is 0. The molecule has 3 aromatic carbocycles. The zero-order chi connectivity index (χ0) is 20.5. The van der Waals surface area contributed by atoms with Gasteiger partial charge in [-0.1, -0.05) is 30.3 Å². The first kappa shape index (κ1) is 21.6. The zero-order valence-electron chi connectivity index (χ0n) is 17.0. The quantitative estimate of drug-likeness (QED) is 0.214. The Morgan fingerprint density at radius 3 is 2.50 bits per heavy atom. The van der Waals surface area contributed by atoms with Gasteiger partial charge in [-0.05, 0) is 30.3 Å². The van der Waals surface area contributed by atoms with Crippen molar-refractivity contribution >= 4 is 33.3 Å². The minimum absolute atomic E-state index is 0. The molecular formula is C24H24ClN3O2. The van der Waals surface area contributed by atoms with Gasteiger partial charge in [0.1, 0.15) is 12.8 Å². The van der Waals surface area contributed by atoms with Crippen LogP contribution in [0.3, 0.4) is 0 Å². The number of pyridine rings is 1. The molecule has 0 saturated heterocycles. The highest BCUT2D eigenvalue weighted by molar-refractivity contribution is 6.16. The van der Waals surface area contributed by atoms with Crippen LogP contribution < -0.4 is 33.2 Å². The van der Waals surface area contributed by atoms with Gasteiger partial charge < -0.3 is 28.6 Å². The van der Waals surface area contributed by atoms with E-state index < -0.39 is 0 Å². The first-order valence-electron chi connectivity index (χ1n) is 9.57. The fourth-order valence-electron chi connectivity index (χ4n) is 3.99. The molecule has 0 spiro atoms. The van der Waals surface area contributed by atoms with Crippen LogP contribution in [0, 0.1) is 0 Å². The van der Waals surface area contributed by atoms with Gasteiger partial charge >= 0.3 is 0 Å². The minimum atomic E-state index is 0. The number of hydrogen-bond acceptors (Lipinski definition) is 4. The second-order valence-electron chi connectivity index (χ2n) is 7.07. The lowest BCUT2D eigenvalue weighted by atomic mass is 9.91. The Bertz CT molecular complexity index is 1250. The van der Waals surface area contributed by atoms with Crippen molar-refractivity contribution in [3.05, 3.63) is 66.2 Å². The third kappa shape index (κ3) is 3.47. The molecule has 4 rings (SSSR count). The number of carbonyl (C=O) groups excluding carboxylic acids is 1. The van der Waals surface area contributed by atoms with Gasteiger partial charge in [0.2, 0.25) is 11.0 Å². The number of hydrogen-bond donors (Lipinski definition) is 2. The minimum Gasteiger partial charge on any atom is -1.00 e. The number of halogens is 1. The van der Waals surface area contributed by atoms with E-state index in [9.17, 15) is 4.79 Å². The predicted molar refractivity (Wildman–Crippen MR) is 117 cm³/mol. The van der Waals surface area contributed by atoms with Crippen LogP contribution in [0.15, 0.2) is 60.7 Å². The lowest BCUT2D eigenvalue weighted by Crippen LogP contribution is -3.00. The molecule has 30 heavy (non-hydrogen) atoms. The number of rotatable bonds is 5. The predicted octanol–water partition coefficient (Wildman–Crippen LogP) is 0.611. The lowest BCUT2D eigenvalue weighted by Gasteiger charge is -2.15. The molecular weight excluding hydrogens is 398 g/mol. The van der Waals surface area contributed by atoms with Crippen molar-refractivity contribution in [3.63, 3.8) is 0 Å². The number of benzene rings is 3. The smallest absolute Gasteiger partial charge is 0.214 e. The number of Topliss-reactive ketones (excluding diaryl/α,β-unsaturated/α-hetero) is 1. The molecule has 154 valence electrons. The van der Waals surface area contributed by atoms with E-state index in [0.29, 0.717) is 30.0 Å². The van der Waals surface area contributed by atoms with Crippen molar-refractivity contribution in [1.82, 2.24) is 0 Å². The standard InChI is InChI=1S/C24H23N3O2.ClH/c1-27-19-8-4-3-6-16(19)23(15-10-11-18(26)22(14-15)29-2)24-17(21(28)12-13-25)7-5-9-20(24)27;/h3-11,14,26H,12-13,25H2,1-2H3;1H. The largest absolute Gasteiger partial charge is 1.00 e. The summed E-state index contributed by atoms with van der Waals surface area (Å²) in [5.41, 5.74) is 17.0. The molecule has 1 heterocycles. The molecule has 0 atom stereocenters. The molecule has 4 N–H and O–H groups in total. The Kier molecular flexibility index (Phi) is 6.25. The highest BCUT2D eigenvalue weighted by atomic mass is 35.5. The monoisotopic (exact) mass is 421 g/mol. The van der Waals surface area contributed by atoms with Crippen LogP contribution in [-0.2, 0) is 7.05 Å². The molecule has 0 bridgehead atoms. The maximum absolute atomic E-state index is 12.9. The van der Waals surface area contributed by atoms with Gasteiger partial charge in [-0.2, -0.15) is 4.57 Å². The summed E-state index contributed by atoms with van der Waals surface area (Å²) in [7, 11) is 3.63. The van der Waals surface area contributed by atoms with Crippen LogP contribution in [0.2, 0.25) is 0 Å². The van der Waals surface area contributed by atoms with Crippen LogP contribution >= 0.6 is 0 Å². The summed E-state index contributed by atoms with van der Waals surface area (Å²) in [6.07, 6.45) is 0.306. The van der Waals surface area contributed by atoms with Crippen LogP contribution in [0.4, 0.5) is 5.69 Å². The molecule has 0 amide bonds. The van der Waals surface area contributed by atoms with E-state index in [1.54, 1.807) is 7.11 Å². The van der Waals surface area contributed by atoms with Gasteiger partial charge in [0.05, 0.1) is 23.6 Å². The number of methoxy groups -OCH3 is 1. The molecule has 4 aromatic rings. The highest BCUT2D eigenvalue weighted by Crippen LogP contribution is 2.38. The van der Waals surface area contributed by atoms with E-state index in [0.717, 1.165) is 32.9 Å². The normalized spacial score (nSPS) is 10.8. The summed E-state index contributed by atoms with van der Waals surface area (Å²) in [6, 6.07) is 19.8. The number of ketones is 1. The summed E-state index contributed by atoms with van der Waals surface area (Å²) < 4.78 is 7.58. The van der Waals surface area contributed by atoms with Crippen molar-refractivity contribution in [2.45, 2.75) is 6.42 Å². The molecule has 0 saturated carbocycles. The topological polar surface area (TPSA) is 82.2 Å². The lowest BCUT2D eigenvalue weighted by molar-refractivity contribution is -0.617. The van der Waals surface area contributed by atoms with Crippen molar-refractivity contribution in [1.29, 1.82) is 0 Å². The molecule has 5 nitrogen and oxygen atoms in total. The molecule has 6 heteroatoms. The number of nitrogen functional groups attached to an aromatic ring is 1. The van der Waals surface area contributed by atoms with E-state index >= 15 is 0 Å². The highest BCUT2D eigenvalue weighted by Gasteiger charge is 2.23. The number of ether oxygens (including phenoxy) is 1. The number of carbonyl (C=O) groups is 1. The van der Waals surface area contributed by atoms with Crippen LogP contribution in [0.1, 0.15) is 16.8 Å². The first-order chi connectivity index (χ1) is 14.1. The number of nitrogens with zero attached hydrogens (tertiary/aromatic N) is 1. The van der Waals surface area contributed by atoms with Crippen molar-refractivity contribution in [2.24, 2.45) is 12.8 Å². The van der Waals surface area contributed by atoms with E-state index in [2.05, 4.69) is 16.7 Å². The molecule has 1 aromatic heterocycles. The Labute approximate surface area is 181 Å². The molecule has 0 radical (unpaired) electrons. The molecule has 0 fully saturated rings. The Balaban J connectivity index is 0.00000256. The van der Waals surface area contributed by atoms with Gasteiger partial charge in [-0.3, -0.25) is 4.79 Å². The summed E-state index contributed by atoms with van der Waals surface area (Å²) in [6.45, 7) is 0.319. The van der Waals surface area contributed by atoms with Gasteiger partial charge in [-0.25, -0.2) is 0 Å². The average molecular weight is 422 g/mol. The van der Waals surface area contributed by atoms with Crippen molar-refractivity contribution < 1.29 is 26.5 Å². The number of aromatic nitrogens is 1. The molecule has 0 unspecified atom stereocenters. The fraction of sp³-hybridized carbons (Fsp3) is 0.167. The second-order valence-corrected chi connectivity index (χ2v) is 7.07. The van der Waals surface area contributed by atoms with Gasteiger partial charge in [0.15, 0.2) is 5.78 Å². The molecule has 0 aliphatic carbocycles. The van der Waals surface area contributed by atoms with Gasteiger partial charge in [-0.15, -0.1) is 0 Å². The number of aryl methyl sites for hydroxylation is 1. The van der Waals surface area contributed by atoms with E-state index in [1.807, 2.05) is 55.6 Å². The van der Waals surface area contributed by atoms with Crippen molar-refractivity contribution in [2.75, 3.05) is 19.4 Å². The Hall–Kier alpha value is -3.15. The molecule has 0 aliphatic rings. The number of fused-ring (bicyclic) bond motifs is 2. The first-order valence-corrected chi connectivity index (χ1v) is 9.57. The zero-order valence-corrected chi connectivity index (χ0v) is 17.7. The maximum atomic E-state index is 12.9.